The smallest absolute Gasteiger partial charge is 0.269 e. The molecule has 0 atom stereocenters. The van der Waals surface area contributed by atoms with E-state index < -0.39 is 4.92 Å². The summed E-state index contributed by atoms with van der Waals surface area (Å²) in [4.78, 5) is 10.1. The molecule has 2 rings (SSSR count). The molecule has 116 valence electrons. The molecule has 0 radical (unpaired) electrons. The monoisotopic (exact) mass is 337 g/mol. The van der Waals surface area contributed by atoms with Gasteiger partial charge in [0.1, 0.15) is 5.76 Å². The number of nitro benzene ring substituents is 1. The lowest BCUT2D eigenvalue weighted by molar-refractivity contribution is -0.384. The van der Waals surface area contributed by atoms with Gasteiger partial charge in [-0.25, -0.2) is 0 Å². The number of nitrogens with zero attached hydrogens (tertiary/aromatic N) is 1. The number of anilines is 1. The van der Waals surface area contributed by atoms with Crippen LogP contribution in [0.3, 0.4) is 0 Å². The van der Waals surface area contributed by atoms with E-state index in [1.54, 1.807) is 30.2 Å². The van der Waals surface area contributed by atoms with Crippen molar-refractivity contribution in [3.8, 4) is 0 Å². The molecular weight excluding hydrogens is 322 g/mol. The summed E-state index contributed by atoms with van der Waals surface area (Å²) in [7, 11) is 0. The second-order valence-corrected chi connectivity index (χ2v) is 5.83. The Labute approximate surface area is 137 Å². The van der Waals surface area contributed by atoms with Crippen molar-refractivity contribution in [1.29, 1.82) is 0 Å². The first-order valence-corrected chi connectivity index (χ1v) is 8.11. The highest BCUT2D eigenvalue weighted by Gasteiger charge is 2.04. The van der Waals surface area contributed by atoms with Gasteiger partial charge in [-0.3, -0.25) is 10.1 Å². The van der Waals surface area contributed by atoms with Crippen molar-refractivity contribution < 1.29 is 9.34 Å². The lowest BCUT2D eigenvalue weighted by atomic mass is 10.3. The average molecular weight is 337 g/mol. The molecule has 1 heterocycles. The molecule has 6 nitrogen and oxygen atoms in total. The van der Waals surface area contributed by atoms with Gasteiger partial charge in [-0.1, -0.05) is 0 Å². The third-order valence-corrected chi connectivity index (χ3v) is 3.92. The molecule has 8 heteroatoms. The van der Waals surface area contributed by atoms with Crippen LogP contribution in [0.15, 0.2) is 47.1 Å². The van der Waals surface area contributed by atoms with Crippen LogP contribution in [0.4, 0.5) is 11.4 Å². The van der Waals surface area contributed by atoms with E-state index in [2.05, 4.69) is 10.6 Å². The second kappa shape index (κ2) is 8.40. The van der Waals surface area contributed by atoms with E-state index in [9.17, 15) is 10.1 Å². The number of nitrogens with one attached hydrogen (secondary N) is 2. The summed E-state index contributed by atoms with van der Waals surface area (Å²) in [6.45, 7) is 0.726. The van der Waals surface area contributed by atoms with E-state index in [0.29, 0.717) is 10.8 Å². The van der Waals surface area contributed by atoms with Crippen LogP contribution in [0.2, 0.25) is 0 Å². The maximum absolute atomic E-state index is 10.6. The maximum atomic E-state index is 10.6. The Kier molecular flexibility index (Phi) is 6.23. The third kappa shape index (κ3) is 5.38. The van der Waals surface area contributed by atoms with Crippen molar-refractivity contribution in [3.05, 3.63) is 58.5 Å². The molecule has 0 fully saturated rings. The summed E-state index contributed by atoms with van der Waals surface area (Å²) >= 11 is 6.91. The van der Waals surface area contributed by atoms with E-state index >= 15 is 0 Å². The predicted molar refractivity (Wildman–Crippen MR) is 92.2 cm³/mol. The largest absolute Gasteiger partial charge is 0.468 e. The van der Waals surface area contributed by atoms with Gasteiger partial charge in [-0.2, -0.15) is 11.8 Å². The lowest BCUT2D eigenvalue weighted by Crippen LogP contribution is -2.30. The fraction of sp³-hybridized carbons (Fsp3) is 0.214. The first-order chi connectivity index (χ1) is 10.6. The van der Waals surface area contributed by atoms with Gasteiger partial charge >= 0.3 is 0 Å². The standard InChI is InChI=1S/C14H15N3O3S2/c18-17(19)12-5-3-11(4-6-12)16-14(21)15-7-9-22-10-13-2-1-8-20-13/h1-6,8H,7,9-10H2,(H2,15,16,21). The first kappa shape index (κ1) is 16.3. The van der Waals surface area contributed by atoms with Crippen molar-refractivity contribution in [2.24, 2.45) is 0 Å². The van der Waals surface area contributed by atoms with Crippen LogP contribution in [-0.4, -0.2) is 22.3 Å². The Morgan fingerprint density at radius 2 is 2.09 bits per heavy atom. The molecule has 22 heavy (non-hydrogen) atoms. The number of thioether (sulfide) groups is 1. The molecule has 0 bridgehead atoms. The molecule has 0 saturated heterocycles. The predicted octanol–water partition coefficient (Wildman–Crippen LogP) is 3.41. The molecule has 0 saturated carbocycles. The quantitative estimate of drug-likeness (QED) is 0.347. The number of rotatable bonds is 7. The fourth-order valence-electron chi connectivity index (χ4n) is 1.65. The molecule has 1 aromatic carbocycles. The summed E-state index contributed by atoms with van der Waals surface area (Å²) in [5.41, 5.74) is 0.769. The molecule has 0 amide bonds. The van der Waals surface area contributed by atoms with Crippen LogP contribution in [0.1, 0.15) is 5.76 Å². The van der Waals surface area contributed by atoms with Crippen molar-refractivity contribution in [3.63, 3.8) is 0 Å². The Morgan fingerprint density at radius 1 is 1.32 bits per heavy atom. The number of hydrogen-bond donors (Lipinski definition) is 2. The number of benzene rings is 1. The van der Waals surface area contributed by atoms with E-state index in [0.717, 1.165) is 23.8 Å². The molecule has 0 aliphatic heterocycles. The van der Waals surface area contributed by atoms with Gasteiger partial charge in [0.05, 0.1) is 16.9 Å². The topological polar surface area (TPSA) is 80.3 Å². The molecule has 0 aliphatic carbocycles. The highest BCUT2D eigenvalue weighted by atomic mass is 32.2. The van der Waals surface area contributed by atoms with Gasteiger partial charge in [-0.05, 0) is 36.5 Å². The van der Waals surface area contributed by atoms with Crippen LogP contribution in [0, 0.1) is 10.1 Å². The summed E-state index contributed by atoms with van der Waals surface area (Å²) in [5, 5.41) is 17.1. The summed E-state index contributed by atoms with van der Waals surface area (Å²) in [6.07, 6.45) is 1.66. The molecule has 2 aromatic rings. The number of non-ortho nitro benzene ring substituents is 1. The highest BCUT2D eigenvalue weighted by Crippen LogP contribution is 2.15. The van der Waals surface area contributed by atoms with E-state index in [-0.39, 0.29) is 5.69 Å². The Balaban J connectivity index is 1.64. The lowest BCUT2D eigenvalue weighted by Gasteiger charge is -2.10. The molecule has 1 aromatic heterocycles. The minimum Gasteiger partial charge on any atom is -0.468 e. The Bertz CT molecular complexity index is 615. The van der Waals surface area contributed by atoms with Crippen LogP contribution < -0.4 is 10.6 Å². The molecule has 0 unspecified atom stereocenters. The van der Waals surface area contributed by atoms with Gasteiger partial charge in [0.15, 0.2) is 5.11 Å². The summed E-state index contributed by atoms with van der Waals surface area (Å²) < 4.78 is 5.24. The van der Waals surface area contributed by atoms with Crippen LogP contribution in [0.5, 0.6) is 0 Å². The van der Waals surface area contributed by atoms with E-state index in [1.165, 1.54) is 12.1 Å². The maximum Gasteiger partial charge on any atom is 0.269 e. The first-order valence-electron chi connectivity index (χ1n) is 6.54. The van der Waals surface area contributed by atoms with Gasteiger partial charge in [0.2, 0.25) is 0 Å². The van der Waals surface area contributed by atoms with Crippen molar-refractivity contribution in [1.82, 2.24) is 5.32 Å². The Hall–Kier alpha value is -2.06. The van der Waals surface area contributed by atoms with E-state index in [4.69, 9.17) is 16.6 Å². The van der Waals surface area contributed by atoms with Gasteiger partial charge in [0.25, 0.3) is 5.69 Å². The summed E-state index contributed by atoms with van der Waals surface area (Å²) in [6, 6.07) is 9.93. The van der Waals surface area contributed by atoms with Crippen molar-refractivity contribution in [2.45, 2.75) is 5.75 Å². The second-order valence-electron chi connectivity index (χ2n) is 4.32. The zero-order valence-electron chi connectivity index (χ0n) is 11.7. The third-order valence-electron chi connectivity index (χ3n) is 2.69. The van der Waals surface area contributed by atoms with Crippen molar-refractivity contribution in [2.75, 3.05) is 17.6 Å². The van der Waals surface area contributed by atoms with Gasteiger partial charge in [0, 0.05) is 30.1 Å². The zero-order chi connectivity index (χ0) is 15.8. The summed E-state index contributed by atoms with van der Waals surface area (Å²) in [5.74, 6) is 2.68. The SMILES string of the molecule is O=[N+]([O-])c1ccc(NC(=S)NCCSCc2ccco2)cc1. The van der Waals surface area contributed by atoms with Crippen molar-refractivity contribution >= 4 is 40.5 Å². The van der Waals surface area contributed by atoms with Crippen LogP contribution >= 0.6 is 24.0 Å². The number of nitro groups is 1. The van der Waals surface area contributed by atoms with E-state index in [1.807, 2.05) is 12.1 Å². The van der Waals surface area contributed by atoms with Gasteiger partial charge < -0.3 is 15.1 Å². The zero-order valence-corrected chi connectivity index (χ0v) is 13.3. The number of furan rings is 1. The average Bonchev–Trinajstić information content (AvgIpc) is 3.00. The molecular formula is C14H15N3O3S2. The van der Waals surface area contributed by atoms with Crippen LogP contribution in [-0.2, 0) is 5.75 Å². The number of thiocarbonyl (C=S) groups is 1. The Morgan fingerprint density at radius 3 is 2.73 bits per heavy atom. The van der Waals surface area contributed by atoms with Crippen LogP contribution in [0.25, 0.3) is 0 Å². The normalized spacial score (nSPS) is 10.2. The minimum atomic E-state index is -0.434. The fourth-order valence-corrected chi connectivity index (χ4v) is 2.62. The minimum absolute atomic E-state index is 0.0544. The molecule has 0 spiro atoms. The highest BCUT2D eigenvalue weighted by molar-refractivity contribution is 7.98. The number of hydrogen-bond acceptors (Lipinski definition) is 5. The van der Waals surface area contributed by atoms with Gasteiger partial charge in [-0.15, -0.1) is 0 Å². The molecule has 0 aliphatic rings. The molecule has 2 N–H and O–H groups in total.